The topological polar surface area (TPSA) is 128 Å². The third kappa shape index (κ3) is 5.01. The molecule has 0 radical (unpaired) electrons. The van der Waals surface area contributed by atoms with Crippen molar-refractivity contribution in [2.24, 2.45) is 5.14 Å². The first kappa shape index (κ1) is 21.7. The zero-order valence-corrected chi connectivity index (χ0v) is 17.3. The highest BCUT2D eigenvalue weighted by atomic mass is 32.3. The number of nitrogens with zero attached hydrogens (tertiary/aromatic N) is 1. The van der Waals surface area contributed by atoms with Crippen LogP contribution in [-0.4, -0.2) is 67.7 Å². The fourth-order valence-corrected chi connectivity index (χ4v) is 6.84. The summed E-state index contributed by atoms with van der Waals surface area (Å²) in [5.41, 5.74) is 0.462. The molecule has 26 heavy (non-hydrogen) atoms. The Hall–Kier alpha value is -0.600. The number of hydrogen-bond acceptors (Lipinski definition) is 8. The van der Waals surface area contributed by atoms with E-state index >= 15 is 0 Å². The van der Waals surface area contributed by atoms with E-state index in [4.69, 9.17) is 14.6 Å². The van der Waals surface area contributed by atoms with Gasteiger partial charge in [-0.05, 0) is 19.0 Å². The van der Waals surface area contributed by atoms with Gasteiger partial charge < -0.3 is 14.8 Å². The molecule has 1 aromatic rings. The summed E-state index contributed by atoms with van der Waals surface area (Å²) in [4.78, 5) is 0. The Morgan fingerprint density at radius 3 is 2.73 bits per heavy atom. The molecule has 0 amide bonds. The first-order chi connectivity index (χ1) is 12.2. The SMILES string of the molecule is CCCNC1CN(CCOCCOC)S(=O)(=O)c2sc(S(N)(=O)=O)cc21. The normalized spacial score (nSPS) is 20.2. The van der Waals surface area contributed by atoms with Crippen LogP contribution in [0.3, 0.4) is 0 Å². The maximum Gasteiger partial charge on any atom is 0.253 e. The van der Waals surface area contributed by atoms with Gasteiger partial charge >= 0.3 is 0 Å². The second kappa shape index (κ2) is 9.06. The molecule has 0 aromatic carbocycles. The predicted molar refractivity (Wildman–Crippen MR) is 98.2 cm³/mol. The standard InChI is InChI=1S/C14H25N3O6S3/c1-3-4-16-12-10-17(5-6-23-8-7-22-2)26(20,21)14-11(12)9-13(24-14)25(15,18)19/h9,12,16H,3-8,10H2,1-2H3,(H2,15,18,19). The number of methoxy groups -OCH3 is 1. The Labute approximate surface area is 158 Å². The van der Waals surface area contributed by atoms with Gasteiger partial charge in [0.1, 0.15) is 8.42 Å². The van der Waals surface area contributed by atoms with Gasteiger partial charge in [0.15, 0.2) is 0 Å². The van der Waals surface area contributed by atoms with Gasteiger partial charge in [-0.3, -0.25) is 0 Å². The summed E-state index contributed by atoms with van der Waals surface area (Å²) >= 11 is 0.694. The summed E-state index contributed by atoms with van der Waals surface area (Å²) < 4.78 is 60.5. The number of primary sulfonamides is 1. The molecule has 150 valence electrons. The quantitative estimate of drug-likeness (QED) is 0.507. The average Bonchev–Trinajstić information content (AvgIpc) is 3.02. The van der Waals surface area contributed by atoms with E-state index in [1.165, 1.54) is 10.4 Å². The number of nitrogens with two attached hydrogens (primary N) is 1. The Morgan fingerprint density at radius 2 is 2.12 bits per heavy atom. The molecule has 0 bridgehead atoms. The minimum absolute atomic E-state index is 0.0262. The first-order valence-electron chi connectivity index (χ1n) is 8.18. The first-order valence-corrected chi connectivity index (χ1v) is 12.0. The number of thiophene rings is 1. The second-order valence-corrected chi connectivity index (χ2v) is 10.8. The molecule has 0 spiro atoms. The number of fused-ring (bicyclic) bond motifs is 1. The predicted octanol–water partition coefficient (Wildman–Crippen LogP) is 0.104. The summed E-state index contributed by atoms with van der Waals surface area (Å²) in [7, 11) is -6.20. The van der Waals surface area contributed by atoms with Gasteiger partial charge in [-0.25, -0.2) is 22.0 Å². The minimum atomic E-state index is -3.97. The molecule has 2 rings (SSSR count). The minimum Gasteiger partial charge on any atom is -0.382 e. The van der Waals surface area contributed by atoms with Crippen molar-refractivity contribution >= 4 is 31.4 Å². The molecule has 0 saturated carbocycles. The summed E-state index contributed by atoms with van der Waals surface area (Å²) in [5, 5.41) is 8.46. The Morgan fingerprint density at radius 1 is 1.38 bits per heavy atom. The summed E-state index contributed by atoms with van der Waals surface area (Å²) in [6, 6.07) is 1.08. The smallest absolute Gasteiger partial charge is 0.253 e. The highest BCUT2D eigenvalue weighted by Gasteiger charge is 2.39. The molecule has 1 aliphatic heterocycles. The maximum atomic E-state index is 12.9. The van der Waals surface area contributed by atoms with E-state index in [-0.39, 0.29) is 34.2 Å². The van der Waals surface area contributed by atoms with Crippen molar-refractivity contribution in [2.75, 3.05) is 46.6 Å². The zero-order valence-electron chi connectivity index (χ0n) is 14.8. The van der Waals surface area contributed by atoms with Crippen LogP contribution in [0, 0.1) is 0 Å². The molecule has 1 unspecified atom stereocenters. The molecule has 3 N–H and O–H groups in total. The van der Waals surface area contributed by atoms with Crippen molar-refractivity contribution in [3.63, 3.8) is 0 Å². The number of sulfonamides is 2. The molecule has 0 saturated heterocycles. The van der Waals surface area contributed by atoms with Crippen LogP contribution in [0.2, 0.25) is 0 Å². The van der Waals surface area contributed by atoms with Crippen LogP contribution in [0.1, 0.15) is 24.9 Å². The Kier molecular flexibility index (Phi) is 7.56. The van der Waals surface area contributed by atoms with E-state index in [9.17, 15) is 16.8 Å². The molecule has 1 aromatic heterocycles. The fourth-order valence-electron chi connectivity index (χ4n) is 2.58. The molecule has 1 aliphatic rings. The van der Waals surface area contributed by atoms with Crippen LogP contribution in [0.25, 0.3) is 0 Å². The van der Waals surface area contributed by atoms with Crippen molar-refractivity contribution in [1.29, 1.82) is 0 Å². The van der Waals surface area contributed by atoms with Gasteiger partial charge in [0.05, 0.1) is 19.8 Å². The van der Waals surface area contributed by atoms with Crippen LogP contribution < -0.4 is 10.5 Å². The van der Waals surface area contributed by atoms with Gasteiger partial charge in [-0.2, -0.15) is 4.31 Å². The lowest BCUT2D eigenvalue weighted by atomic mass is 10.1. The van der Waals surface area contributed by atoms with Gasteiger partial charge in [-0.1, -0.05) is 6.92 Å². The van der Waals surface area contributed by atoms with E-state index in [2.05, 4.69) is 5.32 Å². The van der Waals surface area contributed by atoms with Crippen LogP contribution in [0.15, 0.2) is 14.5 Å². The monoisotopic (exact) mass is 427 g/mol. The highest BCUT2D eigenvalue weighted by molar-refractivity contribution is 7.94. The fraction of sp³-hybridized carbons (Fsp3) is 0.714. The van der Waals surface area contributed by atoms with Gasteiger partial charge in [0.2, 0.25) is 10.0 Å². The van der Waals surface area contributed by atoms with Crippen molar-refractivity contribution in [1.82, 2.24) is 9.62 Å². The molecular weight excluding hydrogens is 402 g/mol. The molecule has 0 aliphatic carbocycles. The van der Waals surface area contributed by atoms with Crippen LogP contribution in [0.4, 0.5) is 0 Å². The van der Waals surface area contributed by atoms with Gasteiger partial charge in [0, 0.05) is 31.8 Å². The third-order valence-corrected chi connectivity index (χ3v) is 8.84. The van der Waals surface area contributed by atoms with Crippen molar-refractivity contribution in [2.45, 2.75) is 27.8 Å². The third-order valence-electron chi connectivity index (χ3n) is 3.88. The largest absolute Gasteiger partial charge is 0.382 e. The summed E-state index contributed by atoms with van der Waals surface area (Å²) in [6.07, 6.45) is 0.866. The summed E-state index contributed by atoms with van der Waals surface area (Å²) in [5.74, 6) is 0. The Balaban J connectivity index is 2.27. The van der Waals surface area contributed by atoms with E-state index in [0.29, 0.717) is 36.7 Å². The van der Waals surface area contributed by atoms with Gasteiger partial charge in [0.25, 0.3) is 10.0 Å². The van der Waals surface area contributed by atoms with Crippen molar-refractivity contribution in [3.05, 3.63) is 11.6 Å². The molecule has 9 nitrogen and oxygen atoms in total. The molecule has 12 heteroatoms. The maximum absolute atomic E-state index is 12.9. The molecular formula is C14H25N3O6S3. The summed E-state index contributed by atoms with van der Waals surface area (Å²) in [6.45, 7) is 4.11. The highest BCUT2D eigenvalue weighted by Crippen LogP contribution is 2.39. The van der Waals surface area contributed by atoms with Crippen molar-refractivity contribution in [3.8, 4) is 0 Å². The van der Waals surface area contributed by atoms with Crippen LogP contribution >= 0.6 is 11.3 Å². The van der Waals surface area contributed by atoms with E-state index < -0.39 is 20.0 Å². The zero-order chi connectivity index (χ0) is 19.4. The number of nitrogens with one attached hydrogen (secondary N) is 1. The lowest BCUT2D eigenvalue weighted by Gasteiger charge is -2.32. The van der Waals surface area contributed by atoms with Crippen LogP contribution in [0.5, 0.6) is 0 Å². The van der Waals surface area contributed by atoms with E-state index in [0.717, 1.165) is 6.42 Å². The second-order valence-electron chi connectivity index (χ2n) is 5.83. The lowest BCUT2D eigenvalue weighted by molar-refractivity contribution is 0.0648. The molecule has 2 heterocycles. The van der Waals surface area contributed by atoms with Gasteiger partial charge in [-0.15, -0.1) is 11.3 Å². The number of hydrogen-bond donors (Lipinski definition) is 2. The van der Waals surface area contributed by atoms with E-state index in [1.54, 1.807) is 7.11 Å². The molecule has 0 fully saturated rings. The number of rotatable bonds is 10. The Bertz CT molecular complexity index is 806. The van der Waals surface area contributed by atoms with Crippen LogP contribution in [-0.2, 0) is 29.5 Å². The lowest BCUT2D eigenvalue weighted by Crippen LogP contribution is -2.44. The van der Waals surface area contributed by atoms with Crippen molar-refractivity contribution < 1.29 is 26.3 Å². The number of ether oxygens (including phenoxy) is 2. The van der Waals surface area contributed by atoms with E-state index in [1.807, 2.05) is 6.92 Å². The molecule has 1 atom stereocenters. The average molecular weight is 428 g/mol.